The van der Waals surface area contributed by atoms with Crippen LogP contribution in [0.25, 0.3) is 0 Å². The zero-order chi connectivity index (χ0) is 13.7. The van der Waals surface area contributed by atoms with Crippen LogP contribution in [0.5, 0.6) is 5.75 Å². The van der Waals surface area contributed by atoms with Gasteiger partial charge in [-0.25, -0.2) is 0 Å². The Bertz CT molecular complexity index is 561. The van der Waals surface area contributed by atoms with Crippen LogP contribution in [0.4, 0.5) is 5.69 Å². The largest absolute Gasteiger partial charge is 0.492 e. The topological polar surface area (TPSA) is 34.1 Å². The molecule has 3 nitrogen and oxygen atoms in total. The van der Waals surface area contributed by atoms with Gasteiger partial charge in [0.2, 0.25) is 0 Å². The summed E-state index contributed by atoms with van der Waals surface area (Å²) in [7, 11) is 0. The molecule has 0 bridgehead atoms. The summed E-state index contributed by atoms with van der Waals surface area (Å²) >= 11 is 6.90. The lowest BCUT2D eigenvalue weighted by atomic mass is 10.2. The van der Waals surface area contributed by atoms with E-state index in [0.717, 1.165) is 26.1 Å². The van der Waals surface area contributed by atoms with Gasteiger partial charge in [0.05, 0.1) is 24.5 Å². The van der Waals surface area contributed by atoms with Gasteiger partial charge in [-0.1, -0.05) is 12.1 Å². The Labute approximate surface area is 129 Å². The molecule has 0 spiro atoms. The van der Waals surface area contributed by atoms with E-state index in [9.17, 15) is 0 Å². The molecule has 1 aromatic carbocycles. The molecule has 1 aromatic heterocycles. The number of benzene rings is 1. The van der Waals surface area contributed by atoms with Crippen LogP contribution in [-0.4, -0.2) is 11.6 Å². The lowest BCUT2D eigenvalue weighted by Crippen LogP contribution is -2.04. The fourth-order valence-corrected chi connectivity index (χ4v) is 2.77. The molecule has 1 N–H and O–H groups in total. The van der Waals surface area contributed by atoms with Crippen LogP contribution in [0.15, 0.2) is 45.5 Å². The standard InChI is InChI=1S/C14H14Br2N2O/c1-2-19-14-6-4-3-5-12(14)18-9-13-11(16)7-10(15)8-17-13/h3-8,18H,2,9H2,1H3. The number of hydrogen-bond acceptors (Lipinski definition) is 3. The highest BCUT2D eigenvalue weighted by atomic mass is 79.9. The van der Waals surface area contributed by atoms with E-state index >= 15 is 0 Å². The number of para-hydroxylation sites is 2. The molecule has 0 radical (unpaired) electrons. The lowest BCUT2D eigenvalue weighted by Gasteiger charge is -2.12. The molecule has 2 rings (SSSR count). The van der Waals surface area contributed by atoms with Gasteiger partial charge in [-0.15, -0.1) is 0 Å². The highest BCUT2D eigenvalue weighted by molar-refractivity contribution is 9.11. The summed E-state index contributed by atoms with van der Waals surface area (Å²) in [6.07, 6.45) is 1.79. The molecule has 0 saturated heterocycles. The van der Waals surface area contributed by atoms with Crippen molar-refractivity contribution in [1.82, 2.24) is 4.98 Å². The van der Waals surface area contributed by atoms with Gasteiger partial charge in [-0.05, 0) is 57.0 Å². The van der Waals surface area contributed by atoms with Crippen molar-refractivity contribution in [1.29, 1.82) is 0 Å². The molecule has 0 aliphatic heterocycles. The molecule has 0 saturated carbocycles. The maximum Gasteiger partial charge on any atom is 0.142 e. The van der Waals surface area contributed by atoms with Crippen LogP contribution in [0.1, 0.15) is 12.6 Å². The van der Waals surface area contributed by atoms with Crippen molar-refractivity contribution < 1.29 is 4.74 Å². The molecule has 2 aromatic rings. The normalized spacial score (nSPS) is 10.3. The van der Waals surface area contributed by atoms with Crippen molar-refractivity contribution in [3.05, 3.63) is 51.2 Å². The fourth-order valence-electron chi connectivity index (χ4n) is 1.65. The zero-order valence-corrected chi connectivity index (χ0v) is 13.7. The number of anilines is 1. The van der Waals surface area contributed by atoms with E-state index in [4.69, 9.17) is 4.74 Å². The van der Waals surface area contributed by atoms with Crippen molar-refractivity contribution >= 4 is 37.5 Å². The van der Waals surface area contributed by atoms with E-state index in [0.29, 0.717) is 13.2 Å². The molecule has 1 heterocycles. The molecule has 5 heteroatoms. The van der Waals surface area contributed by atoms with E-state index < -0.39 is 0 Å². The van der Waals surface area contributed by atoms with Crippen molar-refractivity contribution in [2.75, 3.05) is 11.9 Å². The number of rotatable bonds is 5. The Morgan fingerprint density at radius 1 is 1.26 bits per heavy atom. The van der Waals surface area contributed by atoms with Crippen LogP contribution in [0.3, 0.4) is 0 Å². The van der Waals surface area contributed by atoms with Crippen molar-refractivity contribution in [2.24, 2.45) is 0 Å². The average Bonchev–Trinajstić information content (AvgIpc) is 2.40. The van der Waals surface area contributed by atoms with E-state index in [1.807, 2.05) is 37.3 Å². The van der Waals surface area contributed by atoms with Gasteiger partial charge < -0.3 is 10.1 Å². The summed E-state index contributed by atoms with van der Waals surface area (Å²) in [5.41, 5.74) is 1.93. The first-order valence-corrected chi connectivity index (χ1v) is 7.55. The quantitative estimate of drug-likeness (QED) is 0.815. The van der Waals surface area contributed by atoms with Crippen molar-refractivity contribution in [2.45, 2.75) is 13.5 Å². The Morgan fingerprint density at radius 3 is 2.79 bits per heavy atom. The number of nitrogens with zero attached hydrogens (tertiary/aromatic N) is 1. The molecule has 0 fully saturated rings. The number of ether oxygens (including phenoxy) is 1. The summed E-state index contributed by atoms with van der Waals surface area (Å²) in [5.74, 6) is 0.859. The van der Waals surface area contributed by atoms with Crippen LogP contribution >= 0.6 is 31.9 Å². The molecule has 0 amide bonds. The Balaban J connectivity index is 2.10. The van der Waals surface area contributed by atoms with Crippen molar-refractivity contribution in [3.63, 3.8) is 0 Å². The number of nitrogens with one attached hydrogen (secondary N) is 1. The number of aromatic nitrogens is 1. The van der Waals surface area contributed by atoms with E-state index in [2.05, 4.69) is 42.2 Å². The van der Waals surface area contributed by atoms with E-state index in [1.165, 1.54) is 0 Å². The third kappa shape index (κ3) is 3.94. The number of pyridine rings is 1. The second-order valence-electron chi connectivity index (χ2n) is 3.86. The summed E-state index contributed by atoms with van der Waals surface area (Å²) in [6, 6.07) is 9.88. The first-order valence-electron chi connectivity index (χ1n) is 5.96. The van der Waals surface area contributed by atoms with Gasteiger partial charge in [0, 0.05) is 15.1 Å². The Kier molecular flexibility index (Phi) is 5.22. The molecular formula is C14H14Br2N2O. The van der Waals surface area contributed by atoms with Gasteiger partial charge in [0.15, 0.2) is 0 Å². The fraction of sp³-hybridized carbons (Fsp3) is 0.214. The Morgan fingerprint density at radius 2 is 2.05 bits per heavy atom. The first kappa shape index (κ1) is 14.3. The van der Waals surface area contributed by atoms with E-state index in [-0.39, 0.29) is 0 Å². The van der Waals surface area contributed by atoms with Crippen LogP contribution in [0.2, 0.25) is 0 Å². The minimum Gasteiger partial charge on any atom is -0.492 e. The second-order valence-corrected chi connectivity index (χ2v) is 5.63. The maximum absolute atomic E-state index is 5.57. The summed E-state index contributed by atoms with van der Waals surface area (Å²) in [5, 5.41) is 3.34. The van der Waals surface area contributed by atoms with Gasteiger partial charge in [-0.3, -0.25) is 4.98 Å². The zero-order valence-electron chi connectivity index (χ0n) is 10.5. The highest BCUT2D eigenvalue weighted by Crippen LogP contribution is 2.25. The van der Waals surface area contributed by atoms with Gasteiger partial charge in [0.1, 0.15) is 5.75 Å². The first-order chi connectivity index (χ1) is 9.20. The smallest absolute Gasteiger partial charge is 0.142 e. The minimum atomic E-state index is 0.637. The van der Waals surface area contributed by atoms with Gasteiger partial charge >= 0.3 is 0 Å². The second kappa shape index (κ2) is 6.91. The van der Waals surface area contributed by atoms with Gasteiger partial charge in [0.25, 0.3) is 0 Å². The van der Waals surface area contributed by atoms with Gasteiger partial charge in [-0.2, -0.15) is 0 Å². The maximum atomic E-state index is 5.57. The molecule has 0 unspecified atom stereocenters. The lowest BCUT2D eigenvalue weighted by molar-refractivity contribution is 0.341. The monoisotopic (exact) mass is 384 g/mol. The summed E-state index contributed by atoms with van der Waals surface area (Å²) in [4.78, 5) is 4.37. The molecule has 100 valence electrons. The summed E-state index contributed by atoms with van der Waals surface area (Å²) in [6.45, 7) is 3.26. The molecular weight excluding hydrogens is 372 g/mol. The minimum absolute atomic E-state index is 0.637. The predicted octanol–water partition coefficient (Wildman–Crippen LogP) is 4.62. The molecule has 19 heavy (non-hydrogen) atoms. The molecule has 0 aliphatic rings. The average molecular weight is 386 g/mol. The third-order valence-electron chi connectivity index (χ3n) is 2.52. The van der Waals surface area contributed by atoms with Crippen LogP contribution in [0, 0.1) is 0 Å². The predicted molar refractivity (Wildman–Crippen MR) is 84.6 cm³/mol. The molecule has 0 atom stereocenters. The SMILES string of the molecule is CCOc1ccccc1NCc1ncc(Br)cc1Br. The number of halogens is 2. The molecule has 0 aliphatic carbocycles. The van der Waals surface area contributed by atoms with Crippen LogP contribution in [-0.2, 0) is 6.54 Å². The third-order valence-corrected chi connectivity index (χ3v) is 3.64. The van der Waals surface area contributed by atoms with Crippen molar-refractivity contribution in [3.8, 4) is 5.75 Å². The van der Waals surface area contributed by atoms with Crippen LogP contribution < -0.4 is 10.1 Å². The van der Waals surface area contributed by atoms with E-state index in [1.54, 1.807) is 6.20 Å². The number of hydrogen-bond donors (Lipinski definition) is 1. The highest BCUT2D eigenvalue weighted by Gasteiger charge is 2.05. The summed E-state index contributed by atoms with van der Waals surface area (Å²) < 4.78 is 7.50. The Hall–Kier alpha value is -1.07.